The molecule has 0 saturated carbocycles. The molecule has 0 saturated heterocycles. The molecule has 2 aromatic rings. The molecule has 3 nitrogen and oxygen atoms in total. The third-order valence-electron chi connectivity index (χ3n) is 3.90. The average Bonchev–Trinajstić information content (AvgIpc) is 2.93. The van der Waals surface area contributed by atoms with E-state index in [2.05, 4.69) is 17.4 Å². The van der Waals surface area contributed by atoms with Gasteiger partial charge in [-0.05, 0) is 60.2 Å². The number of carbonyl (C=O) groups is 1. The number of primary amides is 1. The van der Waals surface area contributed by atoms with Crippen LogP contribution in [-0.4, -0.2) is 5.91 Å². The Kier molecular flexibility index (Phi) is 3.60. The van der Waals surface area contributed by atoms with E-state index >= 15 is 0 Å². The first kappa shape index (κ1) is 13.6. The summed E-state index contributed by atoms with van der Waals surface area (Å²) in [5.74, 6) is -0.818. The van der Waals surface area contributed by atoms with Gasteiger partial charge in [0.05, 0.1) is 0 Å². The standard InChI is InChI=1S/C17H17FN2O/c18-14-7-4-12(5-8-14)16(17(19)21)20-15-9-6-11-2-1-3-13(11)10-15/h4-10,16,20H,1-3H2,(H2,19,21)/t16-/m1/s1. The van der Waals surface area contributed by atoms with Gasteiger partial charge in [-0.2, -0.15) is 0 Å². The van der Waals surface area contributed by atoms with Crippen molar-refractivity contribution in [2.45, 2.75) is 25.3 Å². The second-order valence-electron chi connectivity index (χ2n) is 5.37. The molecule has 1 aliphatic rings. The molecule has 0 fully saturated rings. The minimum absolute atomic E-state index is 0.334. The smallest absolute Gasteiger partial charge is 0.244 e. The zero-order valence-corrected chi connectivity index (χ0v) is 11.6. The summed E-state index contributed by atoms with van der Waals surface area (Å²) in [6.07, 6.45) is 3.37. The van der Waals surface area contributed by atoms with Crippen LogP contribution in [0.4, 0.5) is 10.1 Å². The lowest BCUT2D eigenvalue weighted by molar-refractivity contribution is -0.118. The first-order valence-corrected chi connectivity index (χ1v) is 7.06. The molecule has 0 spiro atoms. The highest BCUT2D eigenvalue weighted by Gasteiger charge is 2.19. The van der Waals surface area contributed by atoms with E-state index < -0.39 is 11.9 Å². The molecule has 4 heteroatoms. The van der Waals surface area contributed by atoms with E-state index in [9.17, 15) is 9.18 Å². The number of anilines is 1. The number of benzene rings is 2. The van der Waals surface area contributed by atoms with E-state index in [1.165, 1.54) is 29.7 Å². The maximum Gasteiger partial charge on any atom is 0.244 e. The molecule has 0 aromatic heterocycles. The Morgan fingerprint density at radius 2 is 1.81 bits per heavy atom. The number of nitrogens with one attached hydrogen (secondary N) is 1. The fraction of sp³-hybridized carbons (Fsp3) is 0.235. The molecule has 1 amide bonds. The summed E-state index contributed by atoms with van der Waals surface area (Å²) >= 11 is 0. The molecule has 0 aliphatic heterocycles. The van der Waals surface area contributed by atoms with Crippen LogP contribution in [0.5, 0.6) is 0 Å². The van der Waals surface area contributed by atoms with Crippen LogP contribution in [0.1, 0.15) is 29.2 Å². The van der Waals surface area contributed by atoms with Crippen LogP contribution in [0, 0.1) is 5.82 Å². The van der Waals surface area contributed by atoms with Crippen LogP contribution in [0.15, 0.2) is 42.5 Å². The Morgan fingerprint density at radius 3 is 2.52 bits per heavy atom. The summed E-state index contributed by atoms with van der Waals surface area (Å²) in [7, 11) is 0. The number of rotatable bonds is 4. The van der Waals surface area contributed by atoms with Crippen LogP contribution < -0.4 is 11.1 Å². The zero-order valence-electron chi connectivity index (χ0n) is 11.6. The Bertz CT molecular complexity index is 667. The van der Waals surface area contributed by atoms with Crippen molar-refractivity contribution < 1.29 is 9.18 Å². The van der Waals surface area contributed by atoms with Crippen molar-refractivity contribution in [1.82, 2.24) is 0 Å². The first-order valence-electron chi connectivity index (χ1n) is 7.06. The lowest BCUT2D eigenvalue weighted by atomic mass is 10.0. The van der Waals surface area contributed by atoms with Crippen molar-refractivity contribution in [3.05, 3.63) is 65.0 Å². The zero-order chi connectivity index (χ0) is 14.8. The highest BCUT2D eigenvalue weighted by atomic mass is 19.1. The van der Waals surface area contributed by atoms with Gasteiger partial charge in [0.25, 0.3) is 0 Å². The summed E-state index contributed by atoms with van der Waals surface area (Å²) in [6, 6.07) is 11.3. The van der Waals surface area contributed by atoms with Crippen molar-refractivity contribution in [2.75, 3.05) is 5.32 Å². The summed E-state index contributed by atoms with van der Waals surface area (Å²) in [6.45, 7) is 0. The third kappa shape index (κ3) is 2.89. The Hall–Kier alpha value is -2.36. The van der Waals surface area contributed by atoms with Gasteiger partial charge in [0.15, 0.2) is 0 Å². The highest BCUT2D eigenvalue weighted by Crippen LogP contribution is 2.27. The molecule has 108 valence electrons. The van der Waals surface area contributed by atoms with Gasteiger partial charge in [0.2, 0.25) is 5.91 Å². The van der Waals surface area contributed by atoms with Crippen LogP contribution in [0.25, 0.3) is 0 Å². The number of fused-ring (bicyclic) bond motifs is 1. The summed E-state index contributed by atoms with van der Waals surface area (Å²) in [4.78, 5) is 11.7. The molecular weight excluding hydrogens is 267 g/mol. The number of carbonyl (C=O) groups excluding carboxylic acids is 1. The normalized spacial score (nSPS) is 14.5. The predicted octanol–water partition coefficient (Wildman–Crippen LogP) is 2.95. The van der Waals surface area contributed by atoms with Crippen molar-refractivity contribution in [3.63, 3.8) is 0 Å². The Morgan fingerprint density at radius 1 is 1.10 bits per heavy atom. The molecule has 2 aromatic carbocycles. The number of nitrogens with two attached hydrogens (primary N) is 1. The van der Waals surface area contributed by atoms with Gasteiger partial charge in [-0.1, -0.05) is 18.2 Å². The topological polar surface area (TPSA) is 55.1 Å². The van der Waals surface area contributed by atoms with Crippen LogP contribution >= 0.6 is 0 Å². The summed E-state index contributed by atoms with van der Waals surface area (Å²) < 4.78 is 13.0. The van der Waals surface area contributed by atoms with Gasteiger partial charge in [-0.25, -0.2) is 4.39 Å². The lowest BCUT2D eigenvalue weighted by Crippen LogP contribution is -2.27. The number of aryl methyl sites for hydroxylation is 2. The predicted molar refractivity (Wildman–Crippen MR) is 80.4 cm³/mol. The molecule has 1 atom stereocenters. The van der Waals surface area contributed by atoms with E-state index in [4.69, 9.17) is 5.73 Å². The number of hydrogen-bond donors (Lipinski definition) is 2. The van der Waals surface area contributed by atoms with E-state index in [1.807, 2.05) is 6.07 Å². The second kappa shape index (κ2) is 5.56. The quantitative estimate of drug-likeness (QED) is 0.907. The minimum Gasteiger partial charge on any atom is -0.370 e. The summed E-state index contributed by atoms with van der Waals surface area (Å²) in [5.41, 5.74) is 9.69. The van der Waals surface area contributed by atoms with Crippen LogP contribution in [-0.2, 0) is 17.6 Å². The number of halogens is 1. The lowest BCUT2D eigenvalue weighted by Gasteiger charge is -2.18. The van der Waals surface area contributed by atoms with Crippen molar-refractivity contribution in [2.24, 2.45) is 5.73 Å². The molecule has 1 aliphatic carbocycles. The maximum absolute atomic E-state index is 13.0. The second-order valence-corrected chi connectivity index (χ2v) is 5.37. The third-order valence-corrected chi connectivity index (χ3v) is 3.90. The molecule has 0 bridgehead atoms. The van der Waals surface area contributed by atoms with Crippen molar-refractivity contribution in [3.8, 4) is 0 Å². The average molecular weight is 284 g/mol. The van der Waals surface area contributed by atoms with Gasteiger partial charge in [-0.15, -0.1) is 0 Å². The van der Waals surface area contributed by atoms with Crippen molar-refractivity contribution >= 4 is 11.6 Å². The fourth-order valence-electron chi connectivity index (χ4n) is 2.80. The number of hydrogen-bond acceptors (Lipinski definition) is 2. The first-order chi connectivity index (χ1) is 10.1. The van der Waals surface area contributed by atoms with Gasteiger partial charge in [0.1, 0.15) is 11.9 Å². The van der Waals surface area contributed by atoms with E-state index in [0.29, 0.717) is 5.56 Å². The molecule has 0 radical (unpaired) electrons. The Labute approximate surface area is 123 Å². The maximum atomic E-state index is 13.0. The SMILES string of the molecule is NC(=O)[C@H](Nc1ccc2c(c1)CCC2)c1ccc(F)cc1. The monoisotopic (exact) mass is 284 g/mol. The molecule has 3 rings (SSSR count). The molecule has 0 unspecified atom stereocenters. The van der Waals surface area contributed by atoms with E-state index in [0.717, 1.165) is 18.5 Å². The van der Waals surface area contributed by atoms with E-state index in [1.54, 1.807) is 12.1 Å². The molecule has 21 heavy (non-hydrogen) atoms. The summed E-state index contributed by atoms with van der Waals surface area (Å²) in [5, 5.41) is 3.15. The minimum atomic E-state index is -0.662. The van der Waals surface area contributed by atoms with E-state index in [-0.39, 0.29) is 5.82 Å². The van der Waals surface area contributed by atoms with Gasteiger partial charge >= 0.3 is 0 Å². The molecule has 3 N–H and O–H groups in total. The van der Waals surface area contributed by atoms with Crippen LogP contribution in [0.3, 0.4) is 0 Å². The van der Waals surface area contributed by atoms with Crippen LogP contribution in [0.2, 0.25) is 0 Å². The molecular formula is C17H17FN2O. The van der Waals surface area contributed by atoms with Gasteiger partial charge in [-0.3, -0.25) is 4.79 Å². The van der Waals surface area contributed by atoms with Gasteiger partial charge in [0, 0.05) is 5.69 Å². The van der Waals surface area contributed by atoms with Gasteiger partial charge < -0.3 is 11.1 Å². The molecule has 0 heterocycles. The largest absolute Gasteiger partial charge is 0.370 e. The fourth-order valence-corrected chi connectivity index (χ4v) is 2.80. The highest BCUT2D eigenvalue weighted by molar-refractivity contribution is 5.84. The van der Waals surface area contributed by atoms with Crippen molar-refractivity contribution in [1.29, 1.82) is 0 Å². The number of amides is 1. The Balaban J connectivity index is 1.85.